The molecule has 122 valence electrons. The topological polar surface area (TPSA) is 27.3 Å². The number of nitrogens with one attached hydrogen (secondary N) is 2. The SMILES string of the molecule is CCN(CC)c1ccc(NC(=S)Nc2ccc(F)c(Cl)c2)cc1. The number of anilines is 3. The van der Waals surface area contributed by atoms with E-state index in [0.717, 1.165) is 18.8 Å². The lowest BCUT2D eigenvalue weighted by Crippen LogP contribution is -2.22. The van der Waals surface area contributed by atoms with E-state index in [0.29, 0.717) is 10.8 Å². The zero-order valence-corrected chi connectivity index (χ0v) is 14.6. The Balaban J connectivity index is 1.98. The van der Waals surface area contributed by atoms with Gasteiger partial charge in [-0.05, 0) is 68.5 Å². The fourth-order valence-electron chi connectivity index (χ4n) is 2.21. The van der Waals surface area contributed by atoms with Gasteiger partial charge in [-0.3, -0.25) is 0 Å². The zero-order valence-electron chi connectivity index (χ0n) is 13.1. The van der Waals surface area contributed by atoms with Crippen molar-refractivity contribution in [2.45, 2.75) is 13.8 Å². The van der Waals surface area contributed by atoms with E-state index in [1.54, 1.807) is 6.07 Å². The van der Waals surface area contributed by atoms with Crippen molar-refractivity contribution in [2.24, 2.45) is 0 Å². The van der Waals surface area contributed by atoms with Gasteiger partial charge in [0.15, 0.2) is 5.11 Å². The van der Waals surface area contributed by atoms with Crippen molar-refractivity contribution in [2.75, 3.05) is 28.6 Å². The van der Waals surface area contributed by atoms with Crippen molar-refractivity contribution in [3.05, 3.63) is 53.3 Å². The predicted molar refractivity (Wildman–Crippen MR) is 101 cm³/mol. The molecule has 0 aliphatic rings. The van der Waals surface area contributed by atoms with Crippen LogP contribution in [-0.2, 0) is 0 Å². The summed E-state index contributed by atoms with van der Waals surface area (Å²) in [7, 11) is 0. The molecular weight excluding hydrogens is 333 g/mol. The quantitative estimate of drug-likeness (QED) is 0.730. The molecule has 0 fully saturated rings. The molecule has 0 amide bonds. The summed E-state index contributed by atoms with van der Waals surface area (Å²) in [4.78, 5) is 2.26. The molecule has 0 saturated carbocycles. The summed E-state index contributed by atoms with van der Waals surface area (Å²) in [5.41, 5.74) is 2.69. The monoisotopic (exact) mass is 351 g/mol. The Morgan fingerprint density at radius 1 is 1.04 bits per heavy atom. The molecule has 3 nitrogen and oxygen atoms in total. The molecule has 23 heavy (non-hydrogen) atoms. The standard InChI is InChI=1S/C17H19ClFN3S/c1-3-22(4-2)14-8-5-12(6-9-14)20-17(23)21-13-7-10-16(19)15(18)11-13/h5-11H,3-4H2,1-2H3,(H2,20,21,23). The van der Waals surface area contributed by atoms with Gasteiger partial charge in [0.05, 0.1) is 5.02 Å². The molecule has 2 rings (SSSR count). The summed E-state index contributed by atoms with van der Waals surface area (Å²) in [5, 5.41) is 6.55. The summed E-state index contributed by atoms with van der Waals surface area (Å²) < 4.78 is 13.1. The van der Waals surface area contributed by atoms with E-state index < -0.39 is 5.82 Å². The second-order valence-electron chi connectivity index (χ2n) is 4.93. The number of nitrogens with zero attached hydrogens (tertiary/aromatic N) is 1. The molecule has 2 aromatic carbocycles. The number of halogens is 2. The van der Waals surface area contributed by atoms with E-state index in [-0.39, 0.29) is 5.02 Å². The highest BCUT2D eigenvalue weighted by atomic mass is 35.5. The maximum absolute atomic E-state index is 13.1. The van der Waals surface area contributed by atoms with E-state index in [4.69, 9.17) is 23.8 Å². The van der Waals surface area contributed by atoms with Gasteiger partial charge >= 0.3 is 0 Å². The fourth-order valence-corrected chi connectivity index (χ4v) is 2.63. The molecule has 0 aliphatic carbocycles. The molecular formula is C17H19ClFN3S. The van der Waals surface area contributed by atoms with Crippen LogP contribution >= 0.6 is 23.8 Å². The first-order valence-corrected chi connectivity index (χ1v) is 8.20. The van der Waals surface area contributed by atoms with Gasteiger partial charge in [-0.25, -0.2) is 4.39 Å². The average Bonchev–Trinajstić information content (AvgIpc) is 2.53. The van der Waals surface area contributed by atoms with Crippen LogP contribution in [0.15, 0.2) is 42.5 Å². The smallest absolute Gasteiger partial charge is 0.175 e. The number of thiocarbonyl (C=S) groups is 1. The van der Waals surface area contributed by atoms with Crippen LogP contribution in [0.4, 0.5) is 21.5 Å². The molecule has 2 aromatic rings. The van der Waals surface area contributed by atoms with Crippen molar-refractivity contribution in [3.63, 3.8) is 0 Å². The van der Waals surface area contributed by atoms with Gasteiger partial charge in [-0.2, -0.15) is 0 Å². The minimum atomic E-state index is -0.455. The average molecular weight is 352 g/mol. The van der Waals surface area contributed by atoms with Crippen molar-refractivity contribution in [1.82, 2.24) is 0 Å². The van der Waals surface area contributed by atoms with Gasteiger partial charge in [-0.15, -0.1) is 0 Å². The first kappa shape index (κ1) is 17.5. The summed E-state index contributed by atoms with van der Waals surface area (Å²) in [5.74, 6) is -0.455. The van der Waals surface area contributed by atoms with E-state index in [2.05, 4.69) is 29.4 Å². The predicted octanol–water partition coefficient (Wildman–Crippen LogP) is 5.13. The summed E-state index contributed by atoms with van der Waals surface area (Å²) in [6, 6.07) is 12.4. The summed E-state index contributed by atoms with van der Waals surface area (Å²) in [6.45, 7) is 6.19. The van der Waals surface area contributed by atoms with Crippen molar-refractivity contribution >= 4 is 46.0 Å². The Labute approximate surface area is 146 Å². The maximum Gasteiger partial charge on any atom is 0.175 e. The molecule has 0 radical (unpaired) electrons. The highest BCUT2D eigenvalue weighted by Gasteiger charge is 2.04. The highest BCUT2D eigenvalue weighted by molar-refractivity contribution is 7.80. The van der Waals surface area contributed by atoms with Gasteiger partial charge in [0.25, 0.3) is 0 Å². The lowest BCUT2D eigenvalue weighted by Gasteiger charge is -2.21. The largest absolute Gasteiger partial charge is 0.372 e. The number of hydrogen-bond acceptors (Lipinski definition) is 2. The molecule has 0 atom stereocenters. The van der Waals surface area contributed by atoms with Crippen LogP contribution in [0, 0.1) is 5.82 Å². The maximum atomic E-state index is 13.1. The Morgan fingerprint density at radius 2 is 1.61 bits per heavy atom. The molecule has 0 aliphatic heterocycles. The summed E-state index contributed by atoms with van der Waals surface area (Å²) in [6.07, 6.45) is 0. The number of rotatable bonds is 5. The molecule has 0 aromatic heterocycles. The Kier molecular flexibility index (Phi) is 6.19. The van der Waals surface area contributed by atoms with Crippen LogP contribution in [0.2, 0.25) is 5.02 Å². The lowest BCUT2D eigenvalue weighted by molar-refractivity contribution is 0.628. The third-order valence-electron chi connectivity index (χ3n) is 3.43. The van der Waals surface area contributed by atoms with Gasteiger partial charge in [-0.1, -0.05) is 11.6 Å². The van der Waals surface area contributed by atoms with Gasteiger partial charge in [0.1, 0.15) is 5.82 Å². The second-order valence-corrected chi connectivity index (χ2v) is 5.74. The minimum Gasteiger partial charge on any atom is -0.372 e. The molecule has 0 unspecified atom stereocenters. The third-order valence-corrected chi connectivity index (χ3v) is 3.93. The second kappa shape index (κ2) is 8.13. The van der Waals surface area contributed by atoms with E-state index in [1.807, 2.05) is 24.3 Å². The molecule has 0 bridgehead atoms. The first-order valence-electron chi connectivity index (χ1n) is 7.41. The third kappa shape index (κ3) is 4.81. The van der Waals surface area contributed by atoms with Crippen LogP contribution in [0.3, 0.4) is 0 Å². The molecule has 2 N–H and O–H groups in total. The Bertz CT molecular complexity index is 672. The first-order chi connectivity index (χ1) is 11.0. The van der Waals surface area contributed by atoms with E-state index in [9.17, 15) is 4.39 Å². The van der Waals surface area contributed by atoms with Crippen LogP contribution in [-0.4, -0.2) is 18.2 Å². The Hall–Kier alpha value is -1.85. The number of benzene rings is 2. The van der Waals surface area contributed by atoms with Gasteiger partial charge in [0, 0.05) is 30.2 Å². The van der Waals surface area contributed by atoms with Gasteiger partial charge < -0.3 is 15.5 Å². The van der Waals surface area contributed by atoms with Crippen LogP contribution < -0.4 is 15.5 Å². The molecule has 0 heterocycles. The van der Waals surface area contributed by atoms with E-state index in [1.165, 1.54) is 17.8 Å². The molecule has 0 spiro atoms. The van der Waals surface area contributed by atoms with Crippen LogP contribution in [0.5, 0.6) is 0 Å². The van der Waals surface area contributed by atoms with Crippen molar-refractivity contribution in [3.8, 4) is 0 Å². The molecule has 0 saturated heterocycles. The Morgan fingerprint density at radius 3 is 2.17 bits per heavy atom. The van der Waals surface area contributed by atoms with Crippen molar-refractivity contribution < 1.29 is 4.39 Å². The highest BCUT2D eigenvalue weighted by Crippen LogP contribution is 2.20. The van der Waals surface area contributed by atoms with Crippen LogP contribution in [0.1, 0.15) is 13.8 Å². The fraction of sp³-hybridized carbons (Fsp3) is 0.235. The van der Waals surface area contributed by atoms with Crippen LogP contribution in [0.25, 0.3) is 0 Å². The minimum absolute atomic E-state index is 0.0568. The zero-order chi connectivity index (χ0) is 16.8. The van der Waals surface area contributed by atoms with E-state index >= 15 is 0 Å². The van der Waals surface area contributed by atoms with Gasteiger partial charge in [0.2, 0.25) is 0 Å². The lowest BCUT2D eigenvalue weighted by atomic mass is 10.2. The molecule has 6 heteroatoms. The summed E-state index contributed by atoms with van der Waals surface area (Å²) >= 11 is 11.0. The van der Waals surface area contributed by atoms with Crippen molar-refractivity contribution in [1.29, 1.82) is 0 Å². The normalized spacial score (nSPS) is 10.3. The number of hydrogen-bond donors (Lipinski definition) is 2.